The van der Waals surface area contributed by atoms with E-state index in [1.807, 2.05) is 24.2 Å². The number of carbonyl (C=O) groups excluding carboxylic acids is 2. The molecule has 1 N–H and O–H groups in total. The largest absolute Gasteiger partial charge is 0.373 e. The molecule has 2 aliphatic heterocycles. The molecule has 3 heterocycles. The minimum Gasteiger partial charge on any atom is -0.373 e. The van der Waals surface area contributed by atoms with Crippen molar-refractivity contribution in [2.75, 3.05) is 38.5 Å². The van der Waals surface area contributed by atoms with Crippen LogP contribution in [0.2, 0.25) is 0 Å². The zero-order valence-corrected chi connectivity index (χ0v) is 15.0. The predicted octanol–water partition coefficient (Wildman–Crippen LogP) is 2.23. The molecule has 1 aromatic heterocycles. The molecule has 2 fully saturated rings. The summed E-state index contributed by atoms with van der Waals surface area (Å²) in [6.45, 7) is 2.48. The summed E-state index contributed by atoms with van der Waals surface area (Å²) in [4.78, 5) is 32.8. The molecule has 6 heteroatoms. The Morgan fingerprint density at radius 1 is 1.28 bits per heavy atom. The zero-order valence-electron chi connectivity index (χ0n) is 15.0. The number of anilines is 1. The molecule has 0 aliphatic carbocycles. The first-order valence-electron chi connectivity index (χ1n) is 9.36. The lowest BCUT2D eigenvalue weighted by atomic mass is 9.91. The van der Waals surface area contributed by atoms with Crippen molar-refractivity contribution in [1.29, 1.82) is 0 Å². The first-order valence-corrected chi connectivity index (χ1v) is 9.36. The Balaban J connectivity index is 1.62. The number of aromatic nitrogens is 1. The van der Waals surface area contributed by atoms with Crippen molar-refractivity contribution in [1.82, 2.24) is 14.8 Å². The molecule has 0 spiro atoms. The van der Waals surface area contributed by atoms with Crippen LogP contribution in [-0.4, -0.2) is 59.8 Å². The van der Waals surface area contributed by atoms with Crippen LogP contribution in [-0.2, 0) is 9.59 Å². The van der Waals surface area contributed by atoms with Crippen LogP contribution in [0.25, 0.3) is 0 Å². The lowest BCUT2D eigenvalue weighted by molar-refractivity contribution is -0.140. The van der Waals surface area contributed by atoms with Crippen LogP contribution >= 0.6 is 0 Å². The maximum atomic E-state index is 12.7. The van der Waals surface area contributed by atoms with Gasteiger partial charge in [0.25, 0.3) is 0 Å². The van der Waals surface area contributed by atoms with Gasteiger partial charge in [0.05, 0.1) is 6.54 Å². The normalized spacial score (nSPS) is 21.8. The lowest BCUT2D eigenvalue weighted by Gasteiger charge is -2.34. The van der Waals surface area contributed by atoms with E-state index >= 15 is 0 Å². The zero-order chi connectivity index (χ0) is 17.6. The first-order chi connectivity index (χ1) is 12.2. The van der Waals surface area contributed by atoms with Crippen molar-refractivity contribution in [3.63, 3.8) is 0 Å². The predicted molar refractivity (Wildman–Crippen MR) is 97.4 cm³/mol. The smallest absolute Gasteiger partial charge is 0.242 e. The third-order valence-corrected chi connectivity index (χ3v) is 5.28. The number of piperidine rings is 1. The molecular formula is C19H28N4O2. The molecule has 2 amide bonds. The van der Waals surface area contributed by atoms with E-state index in [1.54, 1.807) is 4.90 Å². The molecule has 0 saturated carbocycles. The number of nitrogens with zero attached hydrogens (tertiary/aromatic N) is 3. The molecule has 6 nitrogen and oxygen atoms in total. The minimum atomic E-state index is 0.0860. The summed E-state index contributed by atoms with van der Waals surface area (Å²) in [7, 11) is 1.86. The van der Waals surface area contributed by atoms with Gasteiger partial charge in [-0.2, -0.15) is 0 Å². The van der Waals surface area contributed by atoms with Gasteiger partial charge in [0, 0.05) is 45.2 Å². The van der Waals surface area contributed by atoms with Gasteiger partial charge in [0.15, 0.2) is 0 Å². The quantitative estimate of drug-likeness (QED) is 0.910. The van der Waals surface area contributed by atoms with Crippen LogP contribution in [0.3, 0.4) is 0 Å². The summed E-state index contributed by atoms with van der Waals surface area (Å²) < 4.78 is 0. The Bertz CT molecular complexity index is 619. The summed E-state index contributed by atoms with van der Waals surface area (Å²) in [5.41, 5.74) is 1.22. The van der Waals surface area contributed by atoms with Gasteiger partial charge in [0.2, 0.25) is 11.8 Å². The van der Waals surface area contributed by atoms with Gasteiger partial charge in [-0.05, 0) is 43.4 Å². The second kappa shape index (κ2) is 8.32. The van der Waals surface area contributed by atoms with E-state index in [0.29, 0.717) is 12.3 Å². The lowest BCUT2D eigenvalue weighted by Crippen LogP contribution is -2.46. The minimum absolute atomic E-state index is 0.0860. The Morgan fingerprint density at radius 3 is 3.00 bits per heavy atom. The molecular weight excluding hydrogens is 316 g/mol. The number of pyridine rings is 1. The fraction of sp³-hybridized carbons (Fsp3) is 0.632. The summed E-state index contributed by atoms with van der Waals surface area (Å²) in [6.07, 6.45) is 7.52. The number of nitrogens with one attached hydrogen (secondary N) is 1. The van der Waals surface area contributed by atoms with Gasteiger partial charge < -0.3 is 15.1 Å². The molecule has 136 valence electrons. The van der Waals surface area contributed by atoms with Crippen molar-refractivity contribution in [2.24, 2.45) is 0 Å². The van der Waals surface area contributed by atoms with Gasteiger partial charge in [-0.3, -0.25) is 9.59 Å². The molecule has 1 unspecified atom stereocenters. The molecule has 1 atom stereocenters. The Hall–Kier alpha value is -2.11. The van der Waals surface area contributed by atoms with Gasteiger partial charge >= 0.3 is 0 Å². The highest BCUT2D eigenvalue weighted by Gasteiger charge is 2.27. The van der Waals surface area contributed by atoms with Crippen LogP contribution in [0.1, 0.15) is 50.0 Å². The standard InChI is InChI=1S/C19H28N4O2/c1-20-17-12-15(8-9-21-17)16-6-5-11-22(13-16)19(25)14-23-10-4-2-3-7-18(23)24/h8-9,12,16H,2-7,10-11,13-14H2,1H3,(H,20,21). The molecule has 1 aromatic rings. The van der Waals surface area contributed by atoms with Crippen molar-refractivity contribution in [3.05, 3.63) is 23.9 Å². The first kappa shape index (κ1) is 17.7. The number of rotatable bonds is 4. The van der Waals surface area contributed by atoms with Crippen LogP contribution in [0.5, 0.6) is 0 Å². The summed E-state index contributed by atoms with van der Waals surface area (Å²) in [5.74, 6) is 1.42. The van der Waals surface area contributed by atoms with E-state index in [-0.39, 0.29) is 18.4 Å². The van der Waals surface area contributed by atoms with Crippen molar-refractivity contribution in [3.8, 4) is 0 Å². The van der Waals surface area contributed by atoms with E-state index in [9.17, 15) is 9.59 Å². The number of likely N-dealkylation sites (tertiary alicyclic amines) is 2. The van der Waals surface area contributed by atoms with Gasteiger partial charge in [0.1, 0.15) is 5.82 Å². The summed E-state index contributed by atoms with van der Waals surface area (Å²) in [5, 5.41) is 3.07. The monoisotopic (exact) mass is 344 g/mol. The Morgan fingerprint density at radius 2 is 2.16 bits per heavy atom. The highest BCUT2D eigenvalue weighted by molar-refractivity contribution is 5.85. The van der Waals surface area contributed by atoms with Gasteiger partial charge in [-0.15, -0.1) is 0 Å². The fourth-order valence-electron chi connectivity index (χ4n) is 3.78. The highest BCUT2D eigenvalue weighted by atomic mass is 16.2. The number of carbonyl (C=O) groups is 2. The van der Waals surface area contributed by atoms with E-state index < -0.39 is 0 Å². The van der Waals surface area contributed by atoms with Crippen LogP contribution in [0.15, 0.2) is 18.3 Å². The van der Waals surface area contributed by atoms with Crippen LogP contribution in [0, 0.1) is 0 Å². The van der Waals surface area contributed by atoms with Crippen LogP contribution in [0.4, 0.5) is 5.82 Å². The summed E-state index contributed by atoms with van der Waals surface area (Å²) in [6, 6.07) is 4.11. The average molecular weight is 344 g/mol. The highest BCUT2D eigenvalue weighted by Crippen LogP contribution is 2.28. The molecule has 25 heavy (non-hydrogen) atoms. The third-order valence-electron chi connectivity index (χ3n) is 5.28. The number of hydrogen-bond donors (Lipinski definition) is 1. The molecule has 2 saturated heterocycles. The van der Waals surface area contributed by atoms with Crippen molar-refractivity contribution >= 4 is 17.6 Å². The molecule has 3 rings (SSSR count). The SMILES string of the molecule is CNc1cc(C2CCCN(C(=O)CN3CCCCCC3=O)C2)ccn1. The number of amides is 2. The van der Waals surface area contributed by atoms with Crippen molar-refractivity contribution in [2.45, 2.75) is 44.4 Å². The van der Waals surface area contributed by atoms with Gasteiger partial charge in [-0.25, -0.2) is 4.98 Å². The van der Waals surface area contributed by atoms with E-state index in [4.69, 9.17) is 0 Å². The molecule has 0 radical (unpaired) electrons. The van der Waals surface area contributed by atoms with Crippen molar-refractivity contribution < 1.29 is 9.59 Å². The third kappa shape index (κ3) is 4.50. The molecule has 0 aromatic carbocycles. The average Bonchev–Trinajstić information content (AvgIpc) is 2.86. The van der Waals surface area contributed by atoms with E-state index in [0.717, 1.165) is 57.6 Å². The maximum Gasteiger partial charge on any atom is 0.242 e. The van der Waals surface area contributed by atoms with Gasteiger partial charge in [-0.1, -0.05) is 6.42 Å². The topological polar surface area (TPSA) is 65.5 Å². The van der Waals surface area contributed by atoms with E-state index in [2.05, 4.69) is 16.4 Å². The fourth-order valence-corrected chi connectivity index (χ4v) is 3.78. The van der Waals surface area contributed by atoms with E-state index in [1.165, 1.54) is 5.56 Å². The second-order valence-corrected chi connectivity index (χ2v) is 7.03. The summed E-state index contributed by atoms with van der Waals surface area (Å²) >= 11 is 0. The Kier molecular flexibility index (Phi) is 5.89. The maximum absolute atomic E-state index is 12.7. The Labute approximate surface area is 149 Å². The number of hydrogen-bond acceptors (Lipinski definition) is 4. The molecule has 2 aliphatic rings. The van der Waals surface area contributed by atoms with Crippen LogP contribution < -0.4 is 5.32 Å². The second-order valence-electron chi connectivity index (χ2n) is 7.03. The molecule has 0 bridgehead atoms.